The summed E-state index contributed by atoms with van der Waals surface area (Å²) in [4.78, 5) is 2.23. The average molecular weight is 399 g/mol. The van der Waals surface area contributed by atoms with Crippen LogP contribution in [0.15, 0.2) is 47.4 Å². The molecule has 5 nitrogen and oxygen atoms in total. The molecule has 0 atom stereocenters. The lowest BCUT2D eigenvalue weighted by atomic mass is 10.2. The summed E-state index contributed by atoms with van der Waals surface area (Å²) < 4.78 is 45.7. The van der Waals surface area contributed by atoms with Crippen molar-refractivity contribution < 1.29 is 17.5 Å². The van der Waals surface area contributed by atoms with Gasteiger partial charge >= 0.3 is 0 Å². The molecule has 1 aliphatic heterocycles. The third-order valence-electron chi connectivity index (χ3n) is 4.41. The number of sulfonamides is 1. The number of ether oxygens (including phenoxy) is 1. The van der Waals surface area contributed by atoms with E-state index in [1.54, 1.807) is 24.3 Å². The van der Waals surface area contributed by atoms with Crippen LogP contribution in [0.1, 0.15) is 5.56 Å². The monoisotopic (exact) mass is 398 g/mol. The van der Waals surface area contributed by atoms with Crippen molar-refractivity contribution in [2.75, 3.05) is 33.3 Å². The van der Waals surface area contributed by atoms with Crippen LogP contribution in [-0.4, -0.2) is 50.9 Å². The SMILES string of the molecule is COc1ccc(CN2CCN(S(=O)(=O)c3ccccc3Cl)CC2)cc1F. The van der Waals surface area contributed by atoms with Crippen LogP contribution in [0.4, 0.5) is 4.39 Å². The van der Waals surface area contributed by atoms with Crippen LogP contribution in [0, 0.1) is 5.82 Å². The molecule has 0 bridgehead atoms. The second-order valence-electron chi connectivity index (χ2n) is 6.08. The van der Waals surface area contributed by atoms with Crippen molar-refractivity contribution >= 4 is 21.6 Å². The van der Waals surface area contributed by atoms with E-state index in [0.29, 0.717) is 32.7 Å². The van der Waals surface area contributed by atoms with Crippen LogP contribution in [0.5, 0.6) is 5.75 Å². The highest BCUT2D eigenvalue weighted by Gasteiger charge is 2.29. The predicted octanol–water partition coefficient (Wildman–Crippen LogP) is 2.99. The number of hydrogen-bond donors (Lipinski definition) is 0. The molecule has 2 aromatic rings. The Hall–Kier alpha value is -1.67. The summed E-state index contributed by atoms with van der Waals surface area (Å²) in [7, 11) is -2.18. The fraction of sp³-hybridized carbons (Fsp3) is 0.333. The Bertz CT molecular complexity index is 884. The minimum atomic E-state index is -3.61. The van der Waals surface area contributed by atoms with Crippen LogP contribution in [0.25, 0.3) is 0 Å². The Morgan fingerprint density at radius 3 is 2.42 bits per heavy atom. The number of piperazine rings is 1. The second-order valence-corrected chi connectivity index (χ2v) is 8.39. The summed E-state index contributed by atoms with van der Waals surface area (Å²) >= 11 is 6.04. The van der Waals surface area contributed by atoms with Crippen LogP contribution >= 0.6 is 11.6 Å². The standard InChI is InChI=1S/C18H20ClFN2O3S/c1-25-17-7-6-14(12-16(17)20)13-21-8-10-22(11-9-21)26(23,24)18-5-3-2-4-15(18)19/h2-7,12H,8-11,13H2,1H3. The normalized spacial score (nSPS) is 16.6. The molecule has 2 aromatic carbocycles. The molecule has 8 heteroatoms. The van der Waals surface area contributed by atoms with E-state index in [-0.39, 0.29) is 15.7 Å². The molecule has 1 aliphatic rings. The number of hydrogen-bond acceptors (Lipinski definition) is 4. The molecule has 0 aliphatic carbocycles. The second kappa shape index (κ2) is 7.92. The Kier molecular flexibility index (Phi) is 5.82. The molecule has 0 unspecified atom stereocenters. The highest BCUT2D eigenvalue weighted by molar-refractivity contribution is 7.89. The highest BCUT2D eigenvalue weighted by Crippen LogP contribution is 2.25. The fourth-order valence-electron chi connectivity index (χ4n) is 2.99. The molecular weight excluding hydrogens is 379 g/mol. The van der Waals surface area contributed by atoms with E-state index in [4.69, 9.17) is 16.3 Å². The van der Waals surface area contributed by atoms with Gasteiger partial charge in [0, 0.05) is 32.7 Å². The number of rotatable bonds is 5. The lowest BCUT2D eigenvalue weighted by molar-refractivity contribution is 0.181. The first-order valence-electron chi connectivity index (χ1n) is 8.21. The molecule has 140 valence electrons. The van der Waals surface area contributed by atoms with Crippen molar-refractivity contribution in [2.24, 2.45) is 0 Å². The summed E-state index contributed by atoms with van der Waals surface area (Å²) in [6, 6.07) is 11.3. The third-order valence-corrected chi connectivity index (χ3v) is 6.81. The van der Waals surface area contributed by atoms with Crippen molar-refractivity contribution in [3.8, 4) is 5.75 Å². The van der Waals surface area contributed by atoms with Gasteiger partial charge in [-0.2, -0.15) is 4.31 Å². The van der Waals surface area contributed by atoms with Gasteiger partial charge in [-0.3, -0.25) is 4.90 Å². The first-order valence-corrected chi connectivity index (χ1v) is 10.0. The molecule has 0 spiro atoms. The van der Waals surface area contributed by atoms with Gasteiger partial charge in [-0.1, -0.05) is 29.8 Å². The zero-order valence-electron chi connectivity index (χ0n) is 14.4. The molecule has 1 saturated heterocycles. The van der Waals surface area contributed by atoms with Gasteiger partial charge in [0.2, 0.25) is 10.0 Å². The van der Waals surface area contributed by atoms with Crippen LogP contribution in [-0.2, 0) is 16.6 Å². The smallest absolute Gasteiger partial charge is 0.244 e. The Morgan fingerprint density at radius 2 is 1.81 bits per heavy atom. The van der Waals surface area contributed by atoms with E-state index >= 15 is 0 Å². The van der Waals surface area contributed by atoms with Gasteiger partial charge in [0.05, 0.1) is 12.1 Å². The molecule has 0 aromatic heterocycles. The molecule has 0 saturated carbocycles. The summed E-state index contributed by atoms with van der Waals surface area (Å²) in [5.74, 6) is -0.186. The van der Waals surface area contributed by atoms with Gasteiger partial charge in [-0.15, -0.1) is 0 Å². The van der Waals surface area contributed by atoms with Crippen molar-refractivity contribution in [1.29, 1.82) is 0 Å². The maximum absolute atomic E-state index is 13.8. The molecule has 0 N–H and O–H groups in total. The van der Waals surface area contributed by atoms with E-state index in [0.717, 1.165) is 5.56 Å². The predicted molar refractivity (Wildman–Crippen MR) is 98.4 cm³/mol. The van der Waals surface area contributed by atoms with E-state index in [2.05, 4.69) is 4.90 Å². The maximum Gasteiger partial charge on any atom is 0.244 e. The largest absolute Gasteiger partial charge is 0.494 e. The van der Waals surface area contributed by atoms with Gasteiger partial charge < -0.3 is 4.74 Å². The van der Waals surface area contributed by atoms with Crippen LogP contribution < -0.4 is 4.74 Å². The zero-order valence-corrected chi connectivity index (χ0v) is 15.9. The van der Waals surface area contributed by atoms with Crippen LogP contribution in [0.3, 0.4) is 0 Å². The third kappa shape index (κ3) is 4.01. The summed E-state index contributed by atoms with van der Waals surface area (Å²) in [6.45, 7) is 2.42. The van der Waals surface area contributed by atoms with E-state index < -0.39 is 15.8 Å². The number of halogens is 2. The zero-order chi connectivity index (χ0) is 18.7. The van der Waals surface area contributed by atoms with E-state index in [1.807, 2.05) is 6.07 Å². The van der Waals surface area contributed by atoms with E-state index in [1.165, 1.54) is 23.5 Å². The minimum Gasteiger partial charge on any atom is -0.494 e. The van der Waals surface area contributed by atoms with Crippen molar-refractivity contribution in [3.05, 3.63) is 58.9 Å². The van der Waals surface area contributed by atoms with Gasteiger partial charge in [-0.05, 0) is 29.8 Å². The van der Waals surface area contributed by atoms with E-state index in [9.17, 15) is 12.8 Å². The summed E-state index contributed by atoms with van der Waals surface area (Å²) in [5.41, 5.74) is 0.825. The number of benzene rings is 2. The van der Waals surface area contributed by atoms with Gasteiger partial charge in [0.15, 0.2) is 11.6 Å². The Labute approximate surface area is 158 Å². The lowest BCUT2D eigenvalue weighted by Crippen LogP contribution is -2.48. The number of methoxy groups -OCH3 is 1. The molecule has 3 rings (SSSR count). The molecule has 0 radical (unpaired) electrons. The molecule has 1 heterocycles. The quantitative estimate of drug-likeness (QED) is 0.777. The number of nitrogens with zero attached hydrogens (tertiary/aromatic N) is 2. The van der Waals surface area contributed by atoms with Crippen molar-refractivity contribution in [3.63, 3.8) is 0 Å². The molecule has 1 fully saturated rings. The highest BCUT2D eigenvalue weighted by atomic mass is 35.5. The molecule has 26 heavy (non-hydrogen) atoms. The first-order chi connectivity index (χ1) is 12.4. The van der Waals surface area contributed by atoms with Gasteiger partial charge in [0.1, 0.15) is 4.90 Å². The lowest BCUT2D eigenvalue weighted by Gasteiger charge is -2.34. The average Bonchev–Trinajstić information content (AvgIpc) is 2.62. The topological polar surface area (TPSA) is 49.9 Å². The fourth-order valence-corrected chi connectivity index (χ4v) is 4.90. The molecular formula is C18H20ClFN2O3S. The summed E-state index contributed by atoms with van der Waals surface area (Å²) in [6.07, 6.45) is 0. The molecule has 0 amide bonds. The van der Waals surface area contributed by atoms with Crippen molar-refractivity contribution in [2.45, 2.75) is 11.4 Å². The van der Waals surface area contributed by atoms with Gasteiger partial charge in [-0.25, -0.2) is 12.8 Å². The first kappa shape index (κ1) is 19.1. The van der Waals surface area contributed by atoms with Crippen molar-refractivity contribution in [1.82, 2.24) is 9.21 Å². The van der Waals surface area contributed by atoms with Crippen LogP contribution in [0.2, 0.25) is 5.02 Å². The van der Waals surface area contributed by atoms with Gasteiger partial charge in [0.25, 0.3) is 0 Å². The summed E-state index contributed by atoms with van der Waals surface area (Å²) in [5, 5.41) is 0.226. The Balaban J connectivity index is 1.64. The maximum atomic E-state index is 13.8. The Morgan fingerprint density at radius 1 is 1.12 bits per heavy atom. The minimum absolute atomic E-state index is 0.132.